The minimum Gasteiger partial charge on any atom is -0.497 e. The average molecular weight is 790 g/mol. The molecule has 1 aromatic heterocycles. The third kappa shape index (κ3) is 5.70. The van der Waals surface area contributed by atoms with Gasteiger partial charge in [-0.15, -0.1) is 0 Å². The third-order valence-corrected chi connectivity index (χ3v) is 11.8. The number of hydrogen-bond donors (Lipinski definition) is 3. The summed E-state index contributed by atoms with van der Waals surface area (Å²) in [6.45, 7) is -0.823. The second-order valence-electron chi connectivity index (χ2n) is 14.6. The summed E-state index contributed by atoms with van der Waals surface area (Å²) in [4.78, 5) is 19.2. The molecule has 298 valence electrons. The van der Waals surface area contributed by atoms with Crippen molar-refractivity contribution in [2.75, 3.05) is 26.6 Å². The van der Waals surface area contributed by atoms with E-state index in [0.29, 0.717) is 44.9 Å². The lowest BCUT2D eigenvalue weighted by atomic mass is 9.48. The lowest BCUT2D eigenvalue weighted by Crippen LogP contribution is -2.75. The Hall–Kier alpha value is -6.59. The molecule has 0 bridgehead atoms. The summed E-state index contributed by atoms with van der Waals surface area (Å²) in [5, 5.41) is 24.6. The normalized spacial score (nSPS) is 20.6. The molecule has 0 saturated carbocycles. The van der Waals surface area contributed by atoms with E-state index in [9.17, 15) is 10.2 Å². The molecule has 8 rings (SSSR count). The van der Waals surface area contributed by atoms with Crippen LogP contribution in [-0.2, 0) is 21.3 Å². The summed E-state index contributed by atoms with van der Waals surface area (Å²) in [5.74, 6) is 0.932. The van der Waals surface area contributed by atoms with Crippen LogP contribution in [0.15, 0.2) is 187 Å². The Morgan fingerprint density at radius 2 is 1.02 bits per heavy atom. The van der Waals surface area contributed by atoms with Gasteiger partial charge in [0.05, 0.1) is 31.7 Å². The number of nitrogens with zero attached hydrogens (tertiary/aromatic N) is 2. The predicted octanol–water partition coefficient (Wildman–Crippen LogP) is 7.03. The van der Waals surface area contributed by atoms with Crippen molar-refractivity contribution in [1.82, 2.24) is 9.55 Å². The standard InChI is InChI=1S/C49H44FN3O6/c1-57-40-27-23-38(24-28-40)46(34-15-7-3-8-16-34,35-17-9-4-10-18-35)48(50)44(55)42(33-54)59-49(48,53-32-31-43(51)52-45(53)56)47(36-19-11-5-12-20-36,37-21-13-6-14-22-37)39-25-29-41(58-2)30-26-39/h3-32,42,44,54-55H,33H2,1-2H3,(H2,51,52,56)/t42-,44-,48?,49-/m1/s1. The molecule has 6 aromatic carbocycles. The molecule has 1 unspecified atom stereocenters. The fraction of sp³-hybridized carbons (Fsp3) is 0.184. The summed E-state index contributed by atoms with van der Waals surface area (Å²) in [6, 6.07) is 51.9. The summed E-state index contributed by atoms with van der Waals surface area (Å²) < 4.78 is 41.6. The van der Waals surface area contributed by atoms with Gasteiger partial charge in [0.15, 0.2) is 0 Å². The summed E-state index contributed by atoms with van der Waals surface area (Å²) in [5.41, 5.74) is -1.86. The zero-order chi connectivity index (χ0) is 41.3. The fourth-order valence-electron chi connectivity index (χ4n) is 9.52. The number of ether oxygens (including phenoxy) is 3. The van der Waals surface area contributed by atoms with E-state index in [1.807, 2.05) is 72.8 Å². The number of rotatable bonds is 12. The van der Waals surface area contributed by atoms with Crippen molar-refractivity contribution in [2.24, 2.45) is 0 Å². The predicted molar refractivity (Wildman–Crippen MR) is 224 cm³/mol. The monoisotopic (exact) mass is 789 g/mol. The summed E-state index contributed by atoms with van der Waals surface area (Å²) in [6.07, 6.45) is -2.38. The molecule has 0 aliphatic carbocycles. The van der Waals surface area contributed by atoms with Gasteiger partial charge in [0, 0.05) is 6.20 Å². The maximum atomic E-state index is 21.9. The van der Waals surface area contributed by atoms with Crippen molar-refractivity contribution >= 4 is 5.82 Å². The SMILES string of the molecule is COc1ccc(C(c2ccccc2)(c2ccccc2)C2(F)[C@H](O)[C@@H](CO)O[C@]2(n2ccc(N)nc2=O)C(c2ccccc2)(c2ccccc2)c2ccc(OC)cc2)cc1. The molecule has 1 aliphatic heterocycles. The number of alkyl halides is 1. The van der Waals surface area contributed by atoms with Crippen LogP contribution in [0.25, 0.3) is 0 Å². The van der Waals surface area contributed by atoms with Crippen LogP contribution >= 0.6 is 0 Å². The van der Waals surface area contributed by atoms with Crippen molar-refractivity contribution < 1.29 is 28.8 Å². The van der Waals surface area contributed by atoms with Crippen molar-refractivity contribution in [3.05, 3.63) is 226 Å². The van der Waals surface area contributed by atoms with Crippen LogP contribution in [0.3, 0.4) is 0 Å². The number of halogens is 1. The highest BCUT2D eigenvalue weighted by Gasteiger charge is 2.83. The van der Waals surface area contributed by atoms with Crippen molar-refractivity contribution in [3.8, 4) is 11.5 Å². The molecule has 10 heteroatoms. The van der Waals surface area contributed by atoms with Crippen molar-refractivity contribution in [2.45, 2.75) is 34.4 Å². The number of hydrogen-bond acceptors (Lipinski definition) is 8. The smallest absolute Gasteiger partial charge is 0.351 e. The number of aliphatic hydroxyl groups excluding tert-OH is 2. The van der Waals surface area contributed by atoms with Gasteiger partial charge in [-0.05, 0) is 63.7 Å². The molecule has 2 heterocycles. The van der Waals surface area contributed by atoms with Gasteiger partial charge in [-0.1, -0.05) is 146 Å². The first-order valence-electron chi connectivity index (χ1n) is 19.3. The number of anilines is 1. The van der Waals surface area contributed by atoms with Crippen LogP contribution in [0.1, 0.15) is 33.4 Å². The molecule has 4 N–H and O–H groups in total. The van der Waals surface area contributed by atoms with Gasteiger partial charge in [0.25, 0.3) is 0 Å². The Bertz CT molecular complexity index is 2480. The lowest BCUT2D eigenvalue weighted by Gasteiger charge is -2.60. The Labute approximate surface area is 341 Å². The van der Waals surface area contributed by atoms with Gasteiger partial charge in [-0.3, -0.25) is 4.57 Å². The Balaban J connectivity index is 1.72. The molecule has 1 saturated heterocycles. The van der Waals surface area contributed by atoms with E-state index >= 15 is 9.18 Å². The topological polar surface area (TPSA) is 129 Å². The molecule has 4 atom stereocenters. The molecule has 0 radical (unpaired) electrons. The summed E-state index contributed by atoms with van der Waals surface area (Å²) in [7, 11) is 3.09. The van der Waals surface area contributed by atoms with Crippen LogP contribution < -0.4 is 20.9 Å². The van der Waals surface area contributed by atoms with E-state index in [1.54, 1.807) is 111 Å². The highest BCUT2D eigenvalue weighted by atomic mass is 19.1. The third-order valence-electron chi connectivity index (χ3n) is 11.8. The van der Waals surface area contributed by atoms with Gasteiger partial charge in [0.1, 0.15) is 29.5 Å². The van der Waals surface area contributed by atoms with E-state index in [4.69, 9.17) is 19.9 Å². The lowest BCUT2D eigenvalue weighted by molar-refractivity contribution is -0.212. The number of benzene rings is 6. The van der Waals surface area contributed by atoms with E-state index in [-0.39, 0.29) is 5.82 Å². The van der Waals surface area contributed by atoms with Gasteiger partial charge in [-0.25, -0.2) is 9.18 Å². The number of methoxy groups -OCH3 is 2. The summed E-state index contributed by atoms with van der Waals surface area (Å²) >= 11 is 0. The number of aliphatic hydroxyl groups is 2. The molecule has 1 fully saturated rings. The zero-order valence-corrected chi connectivity index (χ0v) is 32.6. The zero-order valence-electron chi connectivity index (χ0n) is 32.6. The molecule has 7 aromatic rings. The number of aromatic nitrogens is 2. The van der Waals surface area contributed by atoms with Crippen LogP contribution in [0.2, 0.25) is 0 Å². The van der Waals surface area contributed by atoms with Crippen molar-refractivity contribution in [1.29, 1.82) is 0 Å². The highest BCUT2D eigenvalue weighted by Crippen LogP contribution is 2.69. The average Bonchev–Trinajstić information content (AvgIpc) is 3.52. The van der Waals surface area contributed by atoms with Gasteiger partial charge >= 0.3 is 5.69 Å². The molecule has 9 nitrogen and oxygen atoms in total. The molecule has 1 aliphatic rings. The Morgan fingerprint density at radius 3 is 1.39 bits per heavy atom. The van der Waals surface area contributed by atoms with Crippen LogP contribution in [-0.4, -0.2) is 58.5 Å². The minimum atomic E-state index is -3.18. The van der Waals surface area contributed by atoms with Gasteiger partial charge < -0.3 is 30.2 Å². The maximum absolute atomic E-state index is 21.9. The number of nitrogens with two attached hydrogens (primary N) is 1. The molecular formula is C49H44FN3O6. The first kappa shape index (κ1) is 39.2. The second kappa shape index (κ2) is 15.6. The van der Waals surface area contributed by atoms with E-state index in [0.717, 1.165) is 4.57 Å². The van der Waals surface area contributed by atoms with Crippen molar-refractivity contribution in [3.63, 3.8) is 0 Å². The Kier molecular flexibility index (Phi) is 10.4. The van der Waals surface area contributed by atoms with Gasteiger partial charge in [-0.2, -0.15) is 4.98 Å². The molecule has 59 heavy (non-hydrogen) atoms. The largest absolute Gasteiger partial charge is 0.497 e. The van der Waals surface area contributed by atoms with Crippen LogP contribution in [0.5, 0.6) is 11.5 Å². The van der Waals surface area contributed by atoms with E-state index in [2.05, 4.69) is 4.98 Å². The molecular weight excluding hydrogens is 746 g/mol. The first-order chi connectivity index (χ1) is 28.7. The van der Waals surface area contributed by atoms with Gasteiger partial charge in [0.2, 0.25) is 11.4 Å². The van der Waals surface area contributed by atoms with E-state index in [1.165, 1.54) is 12.3 Å². The number of nitrogen functional groups attached to an aromatic ring is 1. The second-order valence-corrected chi connectivity index (χ2v) is 14.6. The minimum absolute atomic E-state index is 0.106. The fourth-order valence-corrected chi connectivity index (χ4v) is 9.52. The maximum Gasteiger partial charge on any atom is 0.351 e. The first-order valence-corrected chi connectivity index (χ1v) is 19.3. The van der Waals surface area contributed by atoms with E-state index < -0.39 is 46.7 Å². The van der Waals surface area contributed by atoms with Crippen LogP contribution in [0.4, 0.5) is 10.2 Å². The molecule has 0 spiro atoms. The Morgan fingerprint density at radius 1 is 0.644 bits per heavy atom. The van der Waals surface area contributed by atoms with Crippen LogP contribution in [0, 0.1) is 0 Å². The highest BCUT2D eigenvalue weighted by molar-refractivity contribution is 5.63. The quantitative estimate of drug-likeness (QED) is 0.113. The molecule has 0 amide bonds.